The summed E-state index contributed by atoms with van der Waals surface area (Å²) in [6, 6.07) is 8.24. The lowest BCUT2D eigenvalue weighted by molar-refractivity contribution is 0.0531. The number of aryl methyl sites for hydroxylation is 1. The van der Waals surface area contributed by atoms with Gasteiger partial charge in [0.2, 0.25) is 0 Å². The van der Waals surface area contributed by atoms with Crippen LogP contribution in [0.3, 0.4) is 0 Å². The number of thiophene rings is 1. The molecule has 5 heteroatoms. The van der Waals surface area contributed by atoms with Crippen molar-refractivity contribution < 1.29 is 4.79 Å². The van der Waals surface area contributed by atoms with E-state index < -0.39 is 0 Å². The fourth-order valence-corrected chi connectivity index (χ4v) is 5.01. The minimum Gasteiger partial charge on any atom is -0.353 e. The summed E-state index contributed by atoms with van der Waals surface area (Å²) < 4.78 is 2.21. The SMILES string of the molecule is Cn1cccc1CN1CC[C@]2(CCCN(C(=O)c3cccs3)C2)C1. The van der Waals surface area contributed by atoms with Crippen molar-refractivity contribution in [3.05, 3.63) is 46.4 Å². The van der Waals surface area contributed by atoms with Crippen LogP contribution < -0.4 is 0 Å². The van der Waals surface area contributed by atoms with E-state index in [-0.39, 0.29) is 5.91 Å². The zero-order valence-corrected chi connectivity index (χ0v) is 15.1. The Hall–Kier alpha value is -1.59. The third-order valence-corrected chi connectivity index (χ3v) is 6.49. The summed E-state index contributed by atoms with van der Waals surface area (Å²) in [7, 11) is 2.11. The van der Waals surface area contributed by atoms with Crippen LogP contribution in [0.25, 0.3) is 0 Å². The van der Waals surface area contributed by atoms with E-state index in [1.165, 1.54) is 18.5 Å². The van der Waals surface area contributed by atoms with Gasteiger partial charge in [-0.3, -0.25) is 9.69 Å². The number of hydrogen-bond acceptors (Lipinski definition) is 3. The van der Waals surface area contributed by atoms with Gasteiger partial charge < -0.3 is 9.47 Å². The highest BCUT2D eigenvalue weighted by Crippen LogP contribution is 2.40. The van der Waals surface area contributed by atoms with Gasteiger partial charge in [0.25, 0.3) is 5.91 Å². The molecule has 0 N–H and O–H groups in total. The van der Waals surface area contributed by atoms with E-state index in [0.717, 1.165) is 44.0 Å². The number of nitrogens with zero attached hydrogens (tertiary/aromatic N) is 3. The van der Waals surface area contributed by atoms with Crippen LogP contribution in [0.2, 0.25) is 0 Å². The average Bonchev–Trinajstić information content (AvgIpc) is 3.31. The Kier molecular flexibility index (Phi) is 4.22. The Morgan fingerprint density at radius 1 is 1.21 bits per heavy atom. The highest BCUT2D eigenvalue weighted by molar-refractivity contribution is 7.12. The molecule has 1 atom stereocenters. The number of carbonyl (C=O) groups is 1. The normalized spacial score (nSPS) is 24.8. The van der Waals surface area contributed by atoms with Crippen LogP contribution >= 0.6 is 11.3 Å². The molecule has 2 aliphatic heterocycles. The number of likely N-dealkylation sites (tertiary alicyclic amines) is 2. The zero-order chi connectivity index (χ0) is 16.6. The molecular weight excluding hydrogens is 318 g/mol. The monoisotopic (exact) mass is 343 g/mol. The van der Waals surface area contributed by atoms with Gasteiger partial charge in [0.05, 0.1) is 4.88 Å². The number of carbonyl (C=O) groups excluding carboxylic acids is 1. The molecule has 0 unspecified atom stereocenters. The van der Waals surface area contributed by atoms with Crippen LogP contribution in [-0.2, 0) is 13.6 Å². The summed E-state index contributed by atoms with van der Waals surface area (Å²) in [4.78, 5) is 18.2. The van der Waals surface area contributed by atoms with Gasteiger partial charge in [0, 0.05) is 50.5 Å². The average molecular weight is 343 g/mol. The lowest BCUT2D eigenvalue weighted by atomic mass is 9.79. The topological polar surface area (TPSA) is 28.5 Å². The first-order chi connectivity index (χ1) is 11.7. The Balaban J connectivity index is 1.42. The summed E-state index contributed by atoms with van der Waals surface area (Å²) in [6.07, 6.45) is 5.72. The van der Waals surface area contributed by atoms with Gasteiger partial charge >= 0.3 is 0 Å². The highest BCUT2D eigenvalue weighted by atomic mass is 32.1. The van der Waals surface area contributed by atoms with Crippen molar-refractivity contribution in [1.82, 2.24) is 14.4 Å². The summed E-state index contributed by atoms with van der Waals surface area (Å²) >= 11 is 1.56. The van der Waals surface area contributed by atoms with E-state index in [0.29, 0.717) is 5.41 Å². The van der Waals surface area contributed by atoms with Crippen molar-refractivity contribution in [1.29, 1.82) is 0 Å². The molecule has 0 aliphatic carbocycles. The van der Waals surface area contributed by atoms with Crippen molar-refractivity contribution in [2.24, 2.45) is 12.5 Å². The second-order valence-corrected chi connectivity index (χ2v) is 8.33. The Morgan fingerprint density at radius 2 is 2.12 bits per heavy atom. The number of rotatable bonds is 3. The van der Waals surface area contributed by atoms with E-state index >= 15 is 0 Å². The summed E-state index contributed by atoms with van der Waals surface area (Å²) in [5.41, 5.74) is 1.67. The molecule has 2 aromatic heterocycles. The first kappa shape index (κ1) is 15.9. The van der Waals surface area contributed by atoms with Gasteiger partial charge in [-0.25, -0.2) is 0 Å². The van der Waals surface area contributed by atoms with Gasteiger partial charge in [-0.1, -0.05) is 6.07 Å². The Morgan fingerprint density at radius 3 is 2.88 bits per heavy atom. The fraction of sp³-hybridized carbons (Fsp3) is 0.526. The molecule has 0 bridgehead atoms. The number of amides is 1. The second-order valence-electron chi connectivity index (χ2n) is 7.38. The van der Waals surface area contributed by atoms with E-state index in [1.54, 1.807) is 11.3 Å². The van der Waals surface area contributed by atoms with Gasteiger partial charge in [0.15, 0.2) is 0 Å². The fourth-order valence-electron chi connectivity index (χ4n) is 4.32. The van der Waals surface area contributed by atoms with E-state index in [2.05, 4.69) is 39.7 Å². The van der Waals surface area contributed by atoms with Crippen LogP contribution in [0, 0.1) is 5.41 Å². The van der Waals surface area contributed by atoms with Gasteiger partial charge in [-0.2, -0.15) is 0 Å². The lowest BCUT2D eigenvalue weighted by Crippen LogP contribution is -2.47. The van der Waals surface area contributed by atoms with Crippen molar-refractivity contribution in [2.45, 2.75) is 25.8 Å². The molecule has 2 aromatic rings. The number of aromatic nitrogens is 1. The molecular formula is C19H25N3OS. The van der Waals surface area contributed by atoms with E-state index in [9.17, 15) is 4.79 Å². The standard InChI is InChI=1S/C19H25N3OS/c1-20-9-2-5-16(20)13-21-11-8-19(14-21)7-4-10-22(15-19)18(23)17-6-3-12-24-17/h2-3,5-6,9,12H,4,7-8,10-11,13-15H2,1H3/t19-/m1/s1. The molecule has 4 rings (SSSR count). The minimum absolute atomic E-state index is 0.227. The predicted octanol–water partition coefficient (Wildman–Crippen LogP) is 3.21. The molecule has 4 nitrogen and oxygen atoms in total. The van der Waals surface area contributed by atoms with Gasteiger partial charge in [0.1, 0.15) is 0 Å². The van der Waals surface area contributed by atoms with Crippen LogP contribution in [0.15, 0.2) is 35.8 Å². The maximum absolute atomic E-state index is 12.7. The highest BCUT2D eigenvalue weighted by Gasteiger charge is 2.42. The predicted molar refractivity (Wildman–Crippen MR) is 97.2 cm³/mol. The largest absolute Gasteiger partial charge is 0.353 e. The second kappa shape index (κ2) is 6.37. The number of piperidine rings is 1. The van der Waals surface area contributed by atoms with E-state index in [1.807, 2.05) is 17.5 Å². The molecule has 2 saturated heterocycles. The van der Waals surface area contributed by atoms with Crippen LogP contribution in [-0.4, -0.2) is 46.5 Å². The zero-order valence-electron chi connectivity index (χ0n) is 14.3. The third kappa shape index (κ3) is 3.03. The van der Waals surface area contributed by atoms with Crippen molar-refractivity contribution in [3.8, 4) is 0 Å². The molecule has 0 aromatic carbocycles. The van der Waals surface area contributed by atoms with Crippen molar-refractivity contribution in [2.75, 3.05) is 26.2 Å². The molecule has 1 spiro atoms. The Labute approximate surface area is 147 Å². The quantitative estimate of drug-likeness (QED) is 0.856. The molecule has 1 amide bonds. The third-order valence-electron chi connectivity index (χ3n) is 5.63. The molecule has 2 aliphatic rings. The van der Waals surface area contributed by atoms with Gasteiger partial charge in [-0.15, -0.1) is 11.3 Å². The molecule has 0 radical (unpaired) electrons. The van der Waals surface area contributed by atoms with Crippen molar-refractivity contribution >= 4 is 17.2 Å². The Bertz CT molecular complexity index is 708. The smallest absolute Gasteiger partial charge is 0.263 e. The van der Waals surface area contributed by atoms with Gasteiger partial charge in [-0.05, 0) is 49.4 Å². The van der Waals surface area contributed by atoms with Crippen LogP contribution in [0.4, 0.5) is 0 Å². The van der Waals surface area contributed by atoms with E-state index in [4.69, 9.17) is 0 Å². The molecule has 2 fully saturated rings. The summed E-state index contributed by atoms with van der Waals surface area (Å²) in [5, 5.41) is 1.99. The first-order valence-corrected chi connectivity index (χ1v) is 9.69. The van der Waals surface area contributed by atoms with Crippen molar-refractivity contribution in [3.63, 3.8) is 0 Å². The summed E-state index contributed by atoms with van der Waals surface area (Å²) in [6.45, 7) is 5.12. The summed E-state index contributed by atoms with van der Waals surface area (Å²) in [5.74, 6) is 0.227. The molecule has 0 saturated carbocycles. The van der Waals surface area contributed by atoms with Crippen LogP contribution in [0.1, 0.15) is 34.6 Å². The maximum atomic E-state index is 12.7. The minimum atomic E-state index is 0.227. The van der Waals surface area contributed by atoms with Crippen LogP contribution in [0.5, 0.6) is 0 Å². The lowest BCUT2D eigenvalue weighted by Gasteiger charge is -2.40. The molecule has 128 valence electrons. The molecule has 24 heavy (non-hydrogen) atoms. The number of hydrogen-bond donors (Lipinski definition) is 0. The molecule has 4 heterocycles. The first-order valence-electron chi connectivity index (χ1n) is 8.81. The maximum Gasteiger partial charge on any atom is 0.263 e.